The van der Waals surface area contributed by atoms with Gasteiger partial charge < -0.3 is 15.7 Å². The number of halogens is 1. The number of nitro benzene ring substituents is 1. The predicted octanol–water partition coefficient (Wildman–Crippen LogP) is 3.46. The van der Waals surface area contributed by atoms with E-state index in [0.717, 1.165) is 37.9 Å². The molecule has 0 aromatic heterocycles. The first-order valence-electron chi connectivity index (χ1n) is 8.86. The zero-order valence-electron chi connectivity index (χ0n) is 15.8. The fraction of sp³-hybridized carbons (Fsp3) is 0.611. The van der Waals surface area contributed by atoms with Gasteiger partial charge in [-0.3, -0.25) is 10.1 Å². The van der Waals surface area contributed by atoms with E-state index < -0.39 is 4.92 Å². The van der Waals surface area contributed by atoms with Crippen molar-refractivity contribution in [1.82, 2.24) is 10.6 Å². The standard InChI is InChI=1S/C18H30N4O3.HI/c1-4-18(5-2,11-12-23)14-21-17(19-6-3)20-13-15-7-9-16(10-8-15)22(24)25;/h7-10,23H,4-6,11-14H2,1-3H3,(H2,19,20,21);1H. The van der Waals surface area contributed by atoms with Crippen LogP contribution in [-0.2, 0) is 6.54 Å². The molecule has 0 atom stereocenters. The molecule has 8 heteroatoms. The lowest BCUT2D eigenvalue weighted by Crippen LogP contribution is -2.43. The Morgan fingerprint density at radius 2 is 1.81 bits per heavy atom. The molecule has 0 amide bonds. The number of aliphatic imine (C=N–C) groups is 1. The minimum Gasteiger partial charge on any atom is -0.396 e. The van der Waals surface area contributed by atoms with Crippen molar-refractivity contribution in [2.75, 3.05) is 19.7 Å². The Balaban J connectivity index is 0.00000625. The highest BCUT2D eigenvalue weighted by atomic mass is 127. The number of nitro groups is 1. The number of guanidine groups is 1. The number of benzene rings is 1. The van der Waals surface area contributed by atoms with Gasteiger partial charge in [-0.2, -0.15) is 0 Å². The molecule has 1 aromatic rings. The fourth-order valence-corrected chi connectivity index (χ4v) is 2.69. The number of aliphatic hydroxyl groups is 1. The molecule has 3 N–H and O–H groups in total. The van der Waals surface area contributed by atoms with Gasteiger partial charge in [-0.1, -0.05) is 26.0 Å². The molecule has 0 aliphatic heterocycles. The SMILES string of the molecule is CCNC(=NCc1ccc([N+](=O)[O-])cc1)NCC(CC)(CC)CCO.I. The third-order valence-electron chi connectivity index (χ3n) is 4.68. The highest BCUT2D eigenvalue weighted by Gasteiger charge is 2.25. The lowest BCUT2D eigenvalue weighted by molar-refractivity contribution is -0.384. The molecule has 0 radical (unpaired) electrons. The van der Waals surface area contributed by atoms with E-state index in [0.29, 0.717) is 12.5 Å². The average Bonchev–Trinajstić information content (AvgIpc) is 2.63. The van der Waals surface area contributed by atoms with Crippen LogP contribution in [-0.4, -0.2) is 35.7 Å². The van der Waals surface area contributed by atoms with Gasteiger partial charge in [0.1, 0.15) is 0 Å². The molecule has 0 aliphatic carbocycles. The van der Waals surface area contributed by atoms with Gasteiger partial charge in [-0.25, -0.2) is 4.99 Å². The topological polar surface area (TPSA) is 99.8 Å². The number of nitrogens with one attached hydrogen (secondary N) is 2. The van der Waals surface area contributed by atoms with Gasteiger partial charge in [0.15, 0.2) is 5.96 Å². The van der Waals surface area contributed by atoms with Crippen LogP contribution in [0.5, 0.6) is 0 Å². The van der Waals surface area contributed by atoms with Crippen molar-refractivity contribution in [2.24, 2.45) is 10.4 Å². The van der Waals surface area contributed by atoms with E-state index in [1.54, 1.807) is 12.1 Å². The summed E-state index contributed by atoms with van der Waals surface area (Å²) in [7, 11) is 0. The third-order valence-corrected chi connectivity index (χ3v) is 4.68. The number of aliphatic hydroxyl groups excluding tert-OH is 1. The van der Waals surface area contributed by atoms with Crippen molar-refractivity contribution in [3.8, 4) is 0 Å². The Morgan fingerprint density at radius 3 is 2.27 bits per heavy atom. The highest BCUT2D eigenvalue weighted by molar-refractivity contribution is 14.0. The van der Waals surface area contributed by atoms with E-state index in [1.807, 2.05) is 6.92 Å². The molecule has 0 saturated carbocycles. The van der Waals surface area contributed by atoms with Crippen LogP contribution in [0, 0.1) is 15.5 Å². The first-order chi connectivity index (χ1) is 12.0. The Labute approximate surface area is 172 Å². The molecular weight excluding hydrogens is 447 g/mol. The lowest BCUT2D eigenvalue weighted by Gasteiger charge is -2.32. The molecule has 26 heavy (non-hydrogen) atoms. The molecular formula is C18H31IN4O3. The Bertz CT molecular complexity index is 560. The molecule has 148 valence electrons. The van der Waals surface area contributed by atoms with Gasteiger partial charge in [-0.05, 0) is 37.2 Å². The Hall–Kier alpha value is -1.42. The van der Waals surface area contributed by atoms with Crippen LogP contribution in [0.3, 0.4) is 0 Å². The second kappa shape index (κ2) is 12.9. The van der Waals surface area contributed by atoms with Crippen LogP contribution in [0.2, 0.25) is 0 Å². The van der Waals surface area contributed by atoms with Crippen LogP contribution in [0.15, 0.2) is 29.3 Å². The highest BCUT2D eigenvalue weighted by Crippen LogP contribution is 2.29. The van der Waals surface area contributed by atoms with Gasteiger partial charge in [0, 0.05) is 31.8 Å². The van der Waals surface area contributed by atoms with Gasteiger partial charge in [0.2, 0.25) is 0 Å². The van der Waals surface area contributed by atoms with Crippen LogP contribution in [0.25, 0.3) is 0 Å². The molecule has 1 rings (SSSR count). The van der Waals surface area contributed by atoms with Crippen LogP contribution in [0.1, 0.15) is 45.6 Å². The van der Waals surface area contributed by atoms with Gasteiger partial charge in [0.25, 0.3) is 5.69 Å². The molecule has 0 saturated heterocycles. The summed E-state index contributed by atoms with van der Waals surface area (Å²) in [5.41, 5.74) is 1.05. The zero-order chi connectivity index (χ0) is 18.7. The minimum absolute atomic E-state index is 0. The van der Waals surface area contributed by atoms with E-state index in [1.165, 1.54) is 12.1 Å². The van der Waals surface area contributed by atoms with Crippen LogP contribution in [0.4, 0.5) is 5.69 Å². The molecule has 0 bridgehead atoms. The normalized spacial score (nSPS) is 11.6. The zero-order valence-corrected chi connectivity index (χ0v) is 18.2. The second-order valence-electron chi connectivity index (χ2n) is 6.15. The summed E-state index contributed by atoms with van der Waals surface area (Å²) in [6.07, 6.45) is 2.73. The van der Waals surface area contributed by atoms with Gasteiger partial charge >= 0.3 is 0 Å². The summed E-state index contributed by atoms with van der Waals surface area (Å²) in [5, 5.41) is 26.6. The summed E-state index contributed by atoms with van der Waals surface area (Å²) in [5.74, 6) is 0.713. The van der Waals surface area contributed by atoms with Crippen molar-refractivity contribution < 1.29 is 10.0 Å². The molecule has 0 unspecified atom stereocenters. The summed E-state index contributed by atoms with van der Waals surface area (Å²) >= 11 is 0. The molecule has 0 spiro atoms. The fourth-order valence-electron chi connectivity index (χ4n) is 2.69. The molecule has 0 heterocycles. The monoisotopic (exact) mass is 478 g/mol. The Kier molecular flexibility index (Phi) is 12.2. The van der Waals surface area contributed by atoms with E-state index in [9.17, 15) is 15.2 Å². The minimum atomic E-state index is -0.408. The molecule has 0 fully saturated rings. The largest absolute Gasteiger partial charge is 0.396 e. The summed E-state index contributed by atoms with van der Waals surface area (Å²) in [6.45, 7) is 8.40. The number of rotatable bonds is 10. The smallest absolute Gasteiger partial charge is 0.269 e. The number of non-ortho nitro benzene ring substituents is 1. The van der Waals surface area contributed by atoms with Crippen molar-refractivity contribution in [2.45, 2.75) is 46.6 Å². The van der Waals surface area contributed by atoms with Gasteiger partial charge in [0.05, 0.1) is 11.5 Å². The van der Waals surface area contributed by atoms with Crippen molar-refractivity contribution in [1.29, 1.82) is 0 Å². The first-order valence-corrected chi connectivity index (χ1v) is 8.86. The molecule has 0 aliphatic rings. The maximum absolute atomic E-state index is 10.7. The summed E-state index contributed by atoms with van der Waals surface area (Å²) < 4.78 is 0. The first kappa shape index (κ1) is 24.6. The van der Waals surface area contributed by atoms with E-state index >= 15 is 0 Å². The number of hydrogen-bond acceptors (Lipinski definition) is 4. The molecule has 1 aromatic carbocycles. The number of hydrogen-bond donors (Lipinski definition) is 3. The van der Waals surface area contributed by atoms with Crippen molar-refractivity contribution in [3.05, 3.63) is 39.9 Å². The quantitative estimate of drug-likeness (QED) is 0.157. The van der Waals surface area contributed by atoms with E-state index in [-0.39, 0.29) is 41.7 Å². The number of nitrogens with zero attached hydrogens (tertiary/aromatic N) is 2. The summed E-state index contributed by atoms with van der Waals surface area (Å²) in [4.78, 5) is 14.8. The maximum atomic E-state index is 10.7. The second-order valence-corrected chi connectivity index (χ2v) is 6.15. The molecule has 7 nitrogen and oxygen atoms in total. The van der Waals surface area contributed by atoms with Crippen molar-refractivity contribution >= 4 is 35.6 Å². The van der Waals surface area contributed by atoms with E-state index in [4.69, 9.17) is 0 Å². The van der Waals surface area contributed by atoms with E-state index in [2.05, 4.69) is 29.5 Å². The maximum Gasteiger partial charge on any atom is 0.269 e. The lowest BCUT2D eigenvalue weighted by atomic mass is 9.79. The predicted molar refractivity (Wildman–Crippen MR) is 116 cm³/mol. The van der Waals surface area contributed by atoms with Crippen molar-refractivity contribution in [3.63, 3.8) is 0 Å². The van der Waals surface area contributed by atoms with Crippen LogP contribution >= 0.6 is 24.0 Å². The Morgan fingerprint density at radius 1 is 1.19 bits per heavy atom. The van der Waals surface area contributed by atoms with Crippen LogP contribution < -0.4 is 10.6 Å². The summed E-state index contributed by atoms with van der Waals surface area (Å²) in [6, 6.07) is 6.43. The third kappa shape index (κ3) is 7.86. The van der Waals surface area contributed by atoms with Gasteiger partial charge in [-0.15, -0.1) is 24.0 Å². The average molecular weight is 478 g/mol.